The van der Waals surface area contributed by atoms with E-state index in [1.54, 1.807) is 6.08 Å². The lowest BCUT2D eigenvalue weighted by atomic mass is 9.99. The Hall–Kier alpha value is -1.98. The first-order valence-corrected chi connectivity index (χ1v) is 26.0. The highest BCUT2D eigenvalue weighted by molar-refractivity contribution is 7.80. The van der Waals surface area contributed by atoms with Crippen molar-refractivity contribution in [2.45, 2.75) is 243 Å². The van der Waals surface area contributed by atoms with E-state index >= 15 is 0 Å². The summed E-state index contributed by atoms with van der Waals surface area (Å²) in [5.74, 6) is -0.722. The minimum absolute atomic E-state index is 0.225. The maximum Gasteiger partial charge on any atom is 0.397 e. The average Bonchev–Trinajstić information content (AvgIpc) is 3.25. The summed E-state index contributed by atoms with van der Waals surface area (Å²) in [6.45, 7) is 3.18. The minimum Gasteiger partial charge on any atom is -0.394 e. The van der Waals surface area contributed by atoms with Crippen LogP contribution in [0.1, 0.15) is 194 Å². The first kappa shape index (κ1) is 59.0. The van der Waals surface area contributed by atoms with Gasteiger partial charge in [0.25, 0.3) is 0 Å². The molecule has 1 fully saturated rings. The van der Waals surface area contributed by atoms with Crippen LogP contribution < -0.4 is 5.32 Å². The summed E-state index contributed by atoms with van der Waals surface area (Å²) in [6, 6.07) is -1.15. The number of hydrogen-bond acceptors (Lipinski definition) is 11. The summed E-state index contributed by atoms with van der Waals surface area (Å²) in [7, 11) is -5.13. The van der Waals surface area contributed by atoms with Crippen molar-refractivity contribution < 1.29 is 57.0 Å². The number of allylic oxidation sites excluding steroid dienone is 7. The van der Waals surface area contributed by atoms with Crippen LogP contribution in [0.4, 0.5) is 0 Å². The molecule has 0 bridgehead atoms. The number of ether oxygens (including phenoxy) is 2. The van der Waals surface area contributed by atoms with Gasteiger partial charge in [0.2, 0.25) is 5.91 Å². The van der Waals surface area contributed by atoms with Crippen molar-refractivity contribution in [2.24, 2.45) is 0 Å². The highest BCUT2D eigenvalue weighted by atomic mass is 32.3. The standard InChI is InChI=1S/C49H89NO12S/c1-3-5-7-9-11-13-15-17-19-21-22-24-26-28-30-32-34-36-38-43(53)48(56)50-41(40-60-49-46(55)47(62-63(57,58)59)45(54)44(39-51)61-49)42(52)37-35-33-31-29-27-25-23-20-18-16-14-12-10-8-6-4-2/h18,20-22,27,29,35,37,41-47,49,51-55H,3-17,19,23-26,28,30-34,36,38-40H2,1-2H3,(H,50,56)(H,57,58,59)/b20-18+,22-21-,29-27+,37-35+. The van der Waals surface area contributed by atoms with Gasteiger partial charge in [0.05, 0.1) is 25.4 Å². The molecule has 1 rings (SSSR count). The number of rotatable bonds is 41. The molecule has 13 nitrogen and oxygen atoms in total. The fourth-order valence-corrected chi connectivity index (χ4v) is 7.99. The zero-order valence-corrected chi connectivity index (χ0v) is 39.8. The molecule has 0 aromatic heterocycles. The number of carbonyl (C=O) groups excluding carboxylic acids is 1. The molecule has 0 aromatic rings. The Bertz CT molecular complexity index is 1330. The largest absolute Gasteiger partial charge is 0.397 e. The van der Waals surface area contributed by atoms with Crippen molar-refractivity contribution in [3.8, 4) is 0 Å². The zero-order chi connectivity index (χ0) is 46.4. The van der Waals surface area contributed by atoms with Gasteiger partial charge in [-0.05, 0) is 70.6 Å². The summed E-state index contributed by atoms with van der Waals surface area (Å²) in [4.78, 5) is 13.1. The number of nitrogens with one attached hydrogen (secondary N) is 1. The number of amides is 1. The van der Waals surface area contributed by atoms with E-state index in [0.717, 1.165) is 70.6 Å². The molecule has 0 radical (unpaired) electrons. The molecule has 1 amide bonds. The maximum atomic E-state index is 13.1. The van der Waals surface area contributed by atoms with Gasteiger partial charge in [-0.15, -0.1) is 0 Å². The summed E-state index contributed by atoms with van der Waals surface area (Å²) in [5.41, 5.74) is 0. The SMILES string of the molecule is CCCCCCCC/C=C/CC/C=C/CC/C=C/C(O)C(COC1OC(CO)C(O)C(OS(=O)(=O)O)C1O)NC(=O)C(O)CCCCCCCC/C=C\CCCCCCCCCC. The van der Waals surface area contributed by atoms with Crippen molar-refractivity contribution in [3.63, 3.8) is 0 Å². The average molecular weight is 916 g/mol. The Kier molecular flexibility index (Phi) is 36.7. The van der Waals surface area contributed by atoms with E-state index in [1.807, 2.05) is 0 Å². The summed E-state index contributed by atoms with van der Waals surface area (Å²) >= 11 is 0. The molecule has 7 N–H and O–H groups in total. The van der Waals surface area contributed by atoms with Gasteiger partial charge >= 0.3 is 10.4 Å². The van der Waals surface area contributed by atoms with E-state index in [0.29, 0.717) is 12.8 Å². The van der Waals surface area contributed by atoms with E-state index < -0.39 is 78.5 Å². The third-order valence-corrected chi connectivity index (χ3v) is 11.9. The van der Waals surface area contributed by atoms with Crippen LogP contribution in [0.3, 0.4) is 0 Å². The van der Waals surface area contributed by atoms with Crippen molar-refractivity contribution in [2.75, 3.05) is 13.2 Å². The van der Waals surface area contributed by atoms with Crippen LogP contribution in [0, 0.1) is 0 Å². The second kappa shape index (κ2) is 39.2. The van der Waals surface area contributed by atoms with Crippen LogP contribution in [-0.2, 0) is 28.9 Å². The van der Waals surface area contributed by atoms with Gasteiger partial charge < -0.3 is 40.3 Å². The van der Waals surface area contributed by atoms with Crippen LogP contribution in [0.25, 0.3) is 0 Å². The lowest BCUT2D eigenvalue weighted by molar-refractivity contribution is -0.298. The second-order valence-corrected chi connectivity index (χ2v) is 18.2. The van der Waals surface area contributed by atoms with Crippen LogP contribution in [0.15, 0.2) is 48.6 Å². The monoisotopic (exact) mass is 916 g/mol. The van der Waals surface area contributed by atoms with Gasteiger partial charge in [0, 0.05) is 0 Å². The molecule has 8 unspecified atom stereocenters. The van der Waals surface area contributed by atoms with E-state index in [-0.39, 0.29) is 6.42 Å². The van der Waals surface area contributed by atoms with Gasteiger partial charge in [-0.2, -0.15) is 8.42 Å². The number of aliphatic hydroxyl groups excluding tert-OH is 5. The number of aliphatic hydroxyl groups is 5. The summed E-state index contributed by atoms with van der Waals surface area (Å²) in [5, 5.41) is 55.2. The van der Waals surface area contributed by atoms with Gasteiger partial charge in [0.1, 0.15) is 30.5 Å². The topological polar surface area (TPSA) is 212 Å². The molecule has 8 atom stereocenters. The molecule has 0 aromatic carbocycles. The van der Waals surface area contributed by atoms with Gasteiger partial charge in [-0.25, -0.2) is 4.18 Å². The van der Waals surface area contributed by atoms with Gasteiger partial charge in [0.15, 0.2) is 6.29 Å². The first-order chi connectivity index (χ1) is 30.4. The number of unbranched alkanes of at least 4 members (excludes halogenated alkanes) is 22. The Balaban J connectivity index is 2.59. The molecule has 0 aliphatic carbocycles. The van der Waals surface area contributed by atoms with Crippen molar-refractivity contribution in [3.05, 3.63) is 48.6 Å². The van der Waals surface area contributed by atoms with Crippen LogP contribution in [0.2, 0.25) is 0 Å². The quantitative estimate of drug-likeness (QED) is 0.0174. The van der Waals surface area contributed by atoms with E-state index in [2.05, 4.69) is 59.8 Å². The molecule has 63 heavy (non-hydrogen) atoms. The second-order valence-electron chi connectivity index (χ2n) is 17.2. The van der Waals surface area contributed by atoms with Crippen LogP contribution >= 0.6 is 0 Å². The van der Waals surface area contributed by atoms with Gasteiger partial charge in [-0.1, -0.05) is 172 Å². The molecule has 1 heterocycles. The third kappa shape index (κ3) is 31.6. The van der Waals surface area contributed by atoms with E-state index in [4.69, 9.17) is 9.47 Å². The van der Waals surface area contributed by atoms with Crippen LogP contribution in [-0.4, -0.2) is 107 Å². The molecule has 1 aliphatic rings. The molecule has 1 saturated heterocycles. The summed E-state index contributed by atoms with van der Waals surface area (Å²) in [6.07, 6.45) is 36.2. The zero-order valence-electron chi connectivity index (χ0n) is 39.0. The maximum absolute atomic E-state index is 13.1. The molecule has 1 aliphatic heterocycles. The fourth-order valence-electron chi connectivity index (χ4n) is 7.49. The number of carbonyl (C=O) groups is 1. The first-order valence-electron chi connectivity index (χ1n) is 24.6. The third-order valence-electron chi connectivity index (χ3n) is 11.4. The molecule has 0 spiro atoms. The predicted octanol–water partition coefficient (Wildman–Crippen LogP) is 9.02. The van der Waals surface area contributed by atoms with Crippen molar-refractivity contribution >= 4 is 16.3 Å². The number of hydrogen-bond donors (Lipinski definition) is 7. The highest BCUT2D eigenvalue weighted by Crippen LogP contribution is 2.26. The lowest BCUT2D eigenvalue weighted by Gasteiger charge is -2.41. The molecular formula is C49H89NO12S. The smallest absolute Gasteiger partial charge is 0.394 e. The van der Waals surface area contributed by atoms with Crippen molar-refractivity contribution in [1.29, 1.82) is 0 Å². The minimum atomic E-state index is -5.13. The normalized spacial score (nSPS) is 21.3. The fraction of sp³-hybridized carbons (Fsp3) is 0.816. The molecular weight excluding hydrogens is 827 g/mol. The van der Waals surface area contributed by atoms with Crippen LogP contribution in [0.5, 0.6) is 0 Å². The Morgan fingerprint density at radius 2 is 1.06 bits per heavy atom. The van der Waals surface area contributed by atoms with Crippen molar-refractivity contribution in [1.82, 2.24) is 5.32 Å². The molecule has 0 saturated carbocycles. The van der Waals surface area contributed by atoms with E-state index in [1.165, 1.54) is 96.0 Å². The Morgan fingerprint density at radius 1 is 0.635 bits per heavy atom. The Morgan fingerprint density at radius 3 is 1.52 bits per heavy atom. The predicted molar refractivity (Wildman–Crippen MR) is 251 cm³/mol. The lowest BCUT2D eigenvalue weighted by Crippen LogP contribution is -2.61. The van der Waals surface area contributed by atoms with Gasteiger partial charge in [-0.3, -0.25) is 9.35 Å². The summed E-state index contributed by atoms with van der Waals surface area (Å²) < 4.78 is 47.5. The van der Waals surface area contributed by atoms with E-state index in [9.17, 15) is 43.3 Å². The molecule has 14 heteroatoms. The highest BCUT2D eigenvalue weighted by Gasteiger charge is 2.48. The Labute approximate surface area is 381 Å². The molecule has 368 valence electrons.